The zero-order valence-corrected chi connectivity index (χ0v) is 11.6. The van der Waals surface area contributed by atoms with E-state index in [1.54, 1.807) is 11.1 Å². The molecule has 0 bridgehead atoms. The summed E-state index contributed by atoms with van der Waals surface area (Å²) in [6.45, 7) is 2.53. The lowest BCUT2D eigenvalue weighted by Gasteiger charge is -2.40. The summed E-state index contributed by atoms with van der Waals surface area (Å²) in [4.78, 5) is 6.09. The van der Waals surface area contributed by atoms with Crippen LogP contribution in [-0.2, 0) is 6.54 Å². The van der Waals surface area contributed by atoms with Gasteiger partial charge in [0.15, 0.2) is 0 Å². The Kier molecular flexibility index (Phi) is 3.49. The van der Waals surface area contributed by atoms with Gasteiger partial charge >= 0.3 is 6.18 Å². The Morgan fingerprint density at radius 2 is 1.86 bits per heavy atom. The highest BCUT2D eigenvalue weighted by molar-refractivity contribution is 5.35. The largest absolute Gasteiger partial charge is 0.394 e. The lowest BCUT2D eigenvalue weighted by Crippen LogP contribution is -2.52. The van der Waals surface area contributed by atoms with Crippen LogP contribution in [0.2, 0.25) is 0 Å². The molecule has 1 aliphatic rings. The van der Waals surface area contributed by atoms with Crippen LogP contribution >= 0.6 is 0 Å². The van der Waals surface area contributed by atoms with Crippen LogP contribution in [0.25, 0.3) is 5.69 Å². The maximum atomic E-state index is 12.5. The molecule has 1 saturated heterocycles. The lowest BCUT2D eigenvalue weighted by molar-refractivity contribution is -0.210. The van der Waals surface area contributed by atoms with Crippen LogP contribution in [-0.4, -0.2) is 33.7 Å². The number of alkyl halides is 3. The molecule has 0 atom stereocenters. The number of halogens is 3. The molecule has 0 radical (unpaired) electrons. The summed E-state index contributed by atoms with van der Waals surface area (Å²) >= 11 is 0. The molecule has 0 amide bonds. The van der Waals surface area contributed by atoms with Gasteiger partial charge < -0.3 is 0 Å². The molecule has 1 aromatic heterocycles. The molecule has 0 N–H and O–H groups in total. The molecule has 2 aromatic rings. The van der Waals surface area contributed by atoms with Crippen LogP contribution in [0.4, 0.5) is 13.2 Å². The van der Waals surface area contributed by atoms with Crippen molar-refractivity contribution in [3.63, 3.8) is 0 Å². The normalized spacial score (nSPS) is 17.0. The van der Waals surface area contributed by atoms with E-state index in [4.69, 9.17) is 0 Å². The van der Waals surface area contributed by atoms with Crippen LogP contribution in [0.1, 0.15) is 11.5 Å². The van der Waals surface area contributed by atoms with E-state index in [-0.39, 0.29) is 13.1 Å². The number of rotatable bonds is 3. The van der Waals surface area contributed by atoms with E-state index in [1.165, 1.54) is 0 Å². The minimum Gasteiger partial charge on any atom is -0.300 e. The molecule has 0 spiro atoms. The van der Waals surface area contributed by atoms with Crippen molar-refractivity contribution in [2.75, 3.05) is 13.1 Å². The van der Waals surface area contributed by atoms with Crippen molar-refractivity contribution in [2.24, 2.45) is 5.92 Å². The molecule has 3 rings (SSSR count). The first kappa shape index (κ1) is 14.1. The topological polar surface area (TPSA) is 21.1 Å². The second-order valence-electron chi connectivity index (χ2n) is 5.40. The number of para-hydroxylation sites is 1. The number of nitrogens with zero attached hydrogens (tertiary/aromatic N) is 3. The van der Waals surface area contributed by atoms with Gasteiger partial charge in [0, 0.05) is 25.3 Å². The van der Waals surface area contributed by atoms with Crippen molar-refractivity contribution < 1.29 is 13.2 Å². The molecule has 0 saturated carbocycles. The van der Waals surface area contributed by atoms with E-state index in [0.717, 1.165) is 17.2 Å². The Labute approximate surface area is 121 Å². The number of hydrogen-bond donors (Lipinski definition) is 0. The highest BCUT2D eigenvalue weighted by atomic mass is 19.4. The molecule has 6 heteroatoms. The smallest absolute Gasteiger partial charge is 0.300 e. The third-order valence-corrected chi connectivity index (χ3v) is 3.83. The van der Waals surface area contributed by atoms with E-state index in [9.17, 15) is 13.2 Å². The summed E-state index contributed by atoms with van der Waals surface area (Å²) in [6.07, 6.45) is -2.34. The first-order chi connectivity index (χ1) is 9.95. The molecule has 1 fully saturated rings. The van der Waals surface area contributed by atoms with Crippen LogP contribution in [0.3, 0.4) is 0 Å². The quantitative estimate of drug-likeness (QED) is 0.867. The predicted molar refractivity (Wildman–Crippen MR) is 73.1 cm³/mol. The minimum atomic E-state index is -4.08. The summed E-state index contributed by atoms with van der Waals surface area (Å²) in [5.41, 5.74) is 1.90. The molecule has 0 aliphatic carbocycles. The highest BCUT2D eigenvalue weighted by Crippen LogP contribution is 2.34. The SMILES string of the molecule is Cc1ncc(CN2CC(C(F)(F)F)C2)n1-c1ccccc1. The van der Waals surface area contributed by atoms with E-state index < -0.39 is 12.1 Å². The Balaban J connectivity index is 1.74. The Hall–Kier alpha value is -1.82. The second-order valence-corrected chi connectivity index (χ2v) is 5.40. The van der Waals surface area contributed by atoms with Gasteiger partial charge in [-0.3, -0.25) is 9.47 Å². The zero-order valence-electron chi connectivity index (χ0n) is 11.6. The standard InChI is InChI=1S/C15H16F3N3/c1-11-19-7-14(21(11)13-5-3-2-4-6-13)10-20-8-12(9-20)15(16,17)18/h2-7,12H,8-10H2,1H3. The summed E-state index contributed by atoms with van der Waals surface area (Å²) in [5, 5.41) is 0. The van der Waals surface area contributed by atoms with Gasteiger partial charge in [-0.05, 0) is 19.1 Å². The third-order valence-electron chi connectivity index (χ3n) is 3.83. The van der Waals surface area contributed by atoms with Crippen molar-refractivity contribution in [1.82, 2.24) is 14.5 Å². The van der Waals surface area contributed by atoms with E-state index in [2.05, 4.69) is 4.98 Å². The summed E-state index contributed by atoms with van der Waals surface area (Å²) in [7, 11) is 0. The van der Waals surface area contributed by atoms with Gasteiger partial charge in [-0.1, -0.05) is 18.2 Å². The number of aromatic nitrogens is 2. The van der Waals surface area contributed by atoms with Gasteiger partial charge in [0.25, 0.3) is 0 Å². The Bertz CT molecular complexity index is 613. The van der Waals surface area contributed by atoms with Gasteiger partial charge in [0.1, 0.15) is 5.82 Å². The summed E-state index contributed by atoms with van der Waals surface area (Å²) in [6, 6.07) is 9.72. The van der Waals surface area contributed by atoms with Crippen LogP contribution in [0, 0.1) is 12.8 Å². The van der Waals surface area contributed by atoms with E-state index >= 15 is 0 Å². The number of imidazole rings is 1. The fourth-order valence-corrected chi connectivity index (χ4v) is 2.67. The lowest BCUT2D eigenvalue weighted by atomic mass is 9.99. The molecule has 21 heavy (non-hydrogen) atoms. The molecular formula is C15H16F3N3. The van der Waals surface area contributed by atoms with Crippen molar-refractivity contribution in [1.29, 1.82) is 0 Å². The van der Waals surface area contributed by atoms with Gasteiger partial charge in [0.05, 0.1) is 17.8 Å². The average molecular weight is 295 g/mol. The van der Waals surface area contributed by atoms with Crippen molar-refractivity contribution >= 4 is 0 Å². The highest BCUT2D eigenvalue weighted by Gasteiger charge is 2.47. The monoisotopic (exact) mass is 295 g/mol. The predicted octanol–water partition coefficient (Wildman–Crippen LogP) is 3.17. The molecule has 0 unspecified atom stereocenters. The van der Waals surface area contributed by atoms with Crippen molar-refractivity contribution in [2.45, 2.75) is 19.6 Å². The Morgan fingerprint density at radius 3 is 2.48 bits per heavy atom. The third kappa shape index (κ3) is 2.81. The zero-order chi connectivity index (χ0) is 15.0. The van der Waals surface area contributed by atoms with E-state index in [0.29, 0.717) is 6.54 Å². The number of likely N-dealkylation sites (tertiary alicyclic amines) is 1. The molecule has 3 nitrogen and oxygen atoms in total. The van der Waals surface area contributed by atoms with Gasteiger partial charge in [-0.15, -0.1) is 0 Å². The van der Waals surface area contributed by atoms with Crippen LogP contribution in [0.15, 0.2) is 36.5 Å². The number of hydrogen-bond acceptors (Lipinski definition) is 2. The maximum absolute atomic E-state index is 12.5. The molecular weight excluding hydrogens is 279 g/mol. The molecule has 1 aromatic carbocycles. The van der Waals surface area contributed by atoms with Crippen LogP contribution in [0.5, 0.6) is 0 Å². The maximum Gasteiger partial charge on any atom is 0.394 e. The van der Waals surface area contributed by atoms with Gasteiger partial charge in [-0.25, -0.2) is 4.98 Å². The van der Waals surface area contributed by atoms with Crippen molar-refractivity contribution in [3.8, 4) is 5.69 Å². The number of aryl methyl sites for hydroxylation is 1. The Morgan fingerprint density at radius 1 is 1.19 bits per heavy atom. The van der Waals surface area contributed by atoms with E-state index in [1.807, 2.05) is 41.8 Å². The average Bonchev–Trinajstić information content (AvgIpc) is 2.74. The van der Waals surface area contributed by atoms with Gasteiger partial charge in [0.2, 0.25) is 0 Å². The fourth-order valence-electron chi connectivity index (χ4n) is 2.67. The molecule has 1 aliphatic heterocycles. The second kappa shape index (κ2) is 5.18. The fraction of sp³-hybridized carbons (Fsp3) is 0.400. The van der Waals surface area contributed by atoms with Gasteiger partial charge in [-0.2, -0.15) is 13.2 Å². The molecule has 112 valence electrons. The summed E-state index contributed by atoms with van der Waals surface area (Å²) < 4.78 is 39.5. The van der Waals surface area contributed by atoms with Crippen molar-refractivity contribution in [3.05, 3.63) is 48.0 Å². The number of benzene rings is 1. The molecule has 2 heterocycles. The summed E-state index contributed by atoms with van der Waals surface area (Å²) in [5.74, 6) is -0.351. The minimum absolute atomic E-state index is 0.0719. The first-order valence-corrected chi connectivity index (χ1v) is 6.83. The van der Waals surface area contributed by atoms with Crippen LogP contribution < -0.4 is 0 Å². The first-order valence-electron chi connectivity index (χ1n) is 6.83.